The Labute approximate surface area is 495 Å². The highest BCUT2D eigenvalue weighted by Crippen LogP contribution is 2.30. The number of ether oxygens (including phenoxy) is 4. The molecular formula is C68H113NO13. The Morgan fingerprint density at radius 2 is 0.854 bits per heavy atom. The van der Waals surface area contributed by atoms with Crippen molar-refractivity contribution in [1.29, 1.82) is 0 Å². The predicted octanol–water partition coefficient (Wildman–Crippen LogP) is 11.8. The molecule has 0 aromatic rings. The highest BCUT2D eigenvalue weighted by Gasteiger charge is 2.51. The van der Waals surface area contributed by atoms with Crippen molar-refractivity contribution in [2.75, 3.05) is 19.8 Å². The Hall–Kier alpha value is -3.61. The van der Waals surface area contributed by atoms with Crippen LogP contribution in [0, 0.1) is 0 Å². The molecule has 2 heterocycles. The van der Waals surface area contributed by atoms with Gasteiger partial charge in [0.05, 0.1) is 32.0 Å². The summed E-state index contributed by atoms with van der Waals surface area (Å²) < 4.78 is 22.7. The number of carbonyl (C=O) groups is 1. The van der Waals surface area contributed by atoms with Crippen molar-refractivity contribution in [1.82, 2.24) is 5.32 Å². The van der Waals surface area contributed by atoms with Crippen LogP contribution in [0.3, 0.4) is 0 Å². The summed E-state index contributed by atoms with van der Waals surface area (Å²) in [6.07, 6.45) is 58.4. The largest absolute Gasteiger partial charge is 0.394 e. The van der Waals surface area contributed by atoms with E-state index < -0.39 is 86.8 Å². The van der Waals surface area contributed by atoms with Gasteiger partial charge in [-0.25, -0.2) is 0 Å². The molecule has 2 aliphatic rings. The first-order chi connectivity index (χ1) is 40.1. The van der Waals surface area contributed by atoms with Gasteiger partial charge in [-0.2, -0.15) is 0 Å². The minimum atomic E-state index is -1.80. The highest BCUT2D eigenvalue weighted by molar-refractivity contribution is 5.76. The van der Waals surface area contributed by atoms with Crippen LogP contribution < -0.4 is 5.32 Å². The van der Waals surface area contributed by atoms with Crippen LogP contribution >= 0.6 is 0 Å². The topological polar surface area (TPSA) is 228 Å². The summed E-state index contributed by atoms with van der Waals surface area (Å²) in [5.74, 6) is -0.260. The van der Waals surface area contributed by atoms with Crippen molar-refractivity contribution >= 4 is 5.91 Å². The van der Waals surface area contributed by atoms with Gasteiger partial charge in [0.2, 0.25) is 5.91 Å². The van der Waals surface area contributed by atoms with Crippen LogP contribution in [0.1, 0.15) is 206 Å². The Bertz CT molecular complexity index is 1840. The molecule has 9 N–H and O–H groups in total. The SMILES string of the molecule is CC/C=C\C/C=C\C/C=C\C/C=C\C/C=C\C/C=C\C/C=C\CCCCCCCCCCCCCCCCCC(=O)NC(COC1OC(CO)C(OC2OC(CO)C(O)C(O)C2O)C(O)C1O)C(O)/C=C/CC/C=C/CC/C=C/CCC. The molecule has 12 atom stereocenters. The number of amides is 1. The lowest BCUT2D eigenvalue weighted by atomic mass is 9.97. The lowest BCUT2D eigenvalue weighted by Crippen LogP contribution is -2.65. The lowest BCUT2D eigenvalue weighted by molar-refractivity contribution is -0.359. The Morgan fingerprint density at radius 3 is 1.33 bits per heavy atom. The normalized spacial score (nSPS) is 24.8. The Kier molecular flexibility index (Phi) is 47.0. The van der Waals surface area contributed by atoms with Gasteiger partial charge in [-0.05, 0) is 96.3 Å². The predicted molar refractivity (Wildman–Crippen MR) is 332 cm³/mol. The number of allylic oxidation sites excluding steroid dienone is 19. The number of carbonyl (C=O) groups excluding carboxylic acids is 1. The van der Waals surface area contributed by atoms with Crippen LogP contribution in [0.25, 0.3) is 0 Å². The molecule has 14 heteroatoms. The third-order valence-corrected chi connectivity index (χ3v) is 14.6. The highest BCUT2D eigenvalue weighted by atomic mass is 16.7. The van der Waals surface area contributed by atoms with Gasteiger partial charge in [0.1, 0.15) is 48.8 Å². The van der Waals surface area contributed by atoms with E-state index in [0.717, 1.165) is 96.3 Å². The number of aliphatic hydroxyl groups is 8. The molecule has 0 bridgehead atoms. The molecule has 0 spiro atoms. The van der Waals surface area contributed by atoms with Crippen molar-refractivity contribution in [2.45, 2.75) is 280 Å². The Balaban J connectivity index is 1.60. The maximum Gasteiger partial charge on any atom is 0.220 e. The number of hydrogen-bond donors (Lipinski definition) is 9. The van der Waals surface area contributed by atoms with E-state index in [4.69, 9.17) is 18.9 Å². The van der Waals surface area contributed by atoms with E-state index in [1.807, 2.05) is 6.08 Å². The van der Waals surface area contributed by atoms with Crippen LogP contribution in [0.15, 0.2) is 122 Å². The fourth-order valence-electron chi connectivity index (χ4n) is 9.55. The van der Waals surface area contributed by atoms with Gasteiger partial charge in [-0.3, -0.25) is 4.79 Å². The van der Waals surface area contributed by atoms with Gasteiger partial charge in [0.25, 0.3) is 0 Å². The van der Waals surface area contributed by atoms with Gasteiger partial charge in [0.15, 0.2) is 12.6 Å². The maximum atomic E-state index is 13.2. The van der Waals surface area contributed by atoms with Gasteiger partial charge in [-0.1, -0.05) is 225 Å². The number of rotatable bonds is 49. The van der Waals surface area contributed by atoms with Crippen molar-refractivity contribution in [3.63, 3.8) is 0 Å². The third-order valence-electron chi connectivity index (χ3n) is 14.6. The van der Waals surface area contributed by atoms with E-state index in [1.165, 1.54) is 77.0 Å². The van der Waals surface area contributed by atoms with Gasteiger partial charge >= 0.3 is 0 Å². The molecule has 0 aromatic heterocycles. The van der Waals surface area contributed by atoms with Crippen LogP contribution in [0.2, 0.25) is 0 Å². The molecule has 1 amide bonds. The van der Waals surface area contributed by atoms with E-state index in [0.29, 0.717) is 12.8 Å². The molecule has 2 saturated heterocycles. The van der Waals surface area contributed by atoms with E-state index in [9.17, 15) is 45.6 Å². The summed E-state index contributed by atoms with van der Waals surface area (Å²) in [5.41, 5.74) is 0. The molecule has 14 nitrogen and oxygen atoms in total. The number of nitrogens with one attached hydrogen (secondary N) is 1. The van der Waals surface area contributed by atoms with Gasteiger partial charge < -0.3 is 65.1 Å². The molecule has 2 fully saturated rings. The molecule has 0 aromatic carbocycles. The average molecular weight is 1150 g/mol. The molecule has 12 unspecified atom stereocenters. The fraction of sp³-hybridized carbons (Fsp3) is 0.691. The lowest BCUT2D eigenvalue weighted by Gasteiger charge is -2.46. The zero-order valence-corrected chi connectivity index (χ0v) is 50.4. The summed E-state index contributed by atoms with van der Waals surface area (Å²) in [5, 5.41) is 86.9. The summed E-state index contributed by atoms with van der Waals surface area (Å²) in [6.45, 7) is 2.56. The molecule has 468 valence electrons. The molecule has 82 heavy (non-hydrogen) atoms. The van der Waals surface area contributed by atoms with Crippen LogP contribution in [-0.2, 0) is 23.7 Å². The van der Waals surface area contributed by atoms with Gasteiger partial charge in [0, 0.05) is 6.42 Å². The van der Waals surface area contributed by atoms with Crippen LogP contribution in [0.4, 0.5) is 0 Å². The maximum absolute atomic E-state index is 13.2. The molecule has 2 rings (SSSR count). The fourth-order valence-corrected chi connectivity index (χ4v) is 9.55. The van der Waals surface area contributed by atoms with Crippen LogP contribution in [-0.4, -0.2) is 140 Å². The zero-order chi connectivity index (χ0) is 59.5. The quantitative estimate of drug-likeness (QED) is 0.0204. The number of hydrogen-bond acceptors (Lipinski definition) is 13. The summed E-state index contributed by atoms with van der Waals surface area (Å²) in [7, 11) is 0. The third kappa shape index (κ3) is 36.3. The van der Waals surface area contributed by atoms with E-state index >= 15 is 0 Å². The molecular weight excluding hydrogens is 1040 g/mol. The summed E-state index contributed by atoms with van der Waals surface area (Å²) >= 11 is 0. The molecule has 0 radical (unpaired) electrons. The monoisotopic (exact) mass is 1150 g/mol. The van der Waals surface area contributed by atoms with Crippen molar-refractivity contribution in [3.05, 3.63) is 122 Å². The summed E-state index contributed by atoms with van der Waals surface area (Å²) in [6, 6.07) is -0.943. The minimum absolute atomic E-state index is 0.260. The van der Waals surface area contributed by atoms with E-state index in [2.05, 4.69) is 129 Å². The molecule has 0 saturated carbocycles. The van der Waals surface area contributed by atoms with E-state index in [-0.39, 0.29) is 18.9 Å². The van der Waals surface area contributed by atoms with Crippen molar-refractivity contribution < 1.29 is 64.6 Å². The second-order valence-corrected chi connectivity index (χ2v) is 21.8. The minimum Gasteiger partial charge on any atom is -0.394 e. The second-order valence-electron chi connectivity index (χ2n) is 21.8. The van der Waals surface area contributed by atoms with Crippen LogP contribution in [0.5, 0.6) is 0 Å². The number of unbranched alkanes of at least 4 members (excludes halogenated alkanes) is 18. The molecule has 2 aliphatic heterocycles. The first kappa shape index (κ1) is 74.5. The van der Waals surface area contributed by atoms with Crippen molar-refractivity contribution in [2.24, 2.45) is 0 Å². The second kappa shape index (κ2) is 51.8. The average Bonchev–Trinajstić information content (AvgIpc) is 3.22. The van der Waals surface area contributed by atoms with Gasteiger partial charge in [-0.15, -0.1) is 0 Å². The van der Waals surface area contributed by atoms with E-state index in [1.54, 1.807) is 6.08 Å². The first-order valence-electron chi connectivity index (χ1n) is 31.8. The molecule has 0 aliphatic carbocycles. The number of aliphatic hydroxyl groups excluding tert-OH is 8. The smallest absolute Gasteiger partial charge is 0.220 e. The Morgan fingerprint density at radius 1 is 0.451 bits per heavy atom. The van der Waals surface area contributed by atoms with Crippen molar-refractivity contribution in [3.8, 4) is 0 Å². The first-order valence-corrected chi connectivity index (χ1v) is 31.8. The standard InChI is InChI=1S/C68H113NO13/c1-3-5-7-9-11-13-15-16-17-18-19-20-21-22-23-24-25-26-27-28-29-30-31-32-33-34-35-36-37-38-39-40-42-44-46-48-50-52-60(73)69-56(57(72)51-49-47-45-43-41-14-12-10-8-6-4-2)55-79-67-65(78)63(76)66(59(54-71)81-67)82-68-64(77)62(75)61(74)58(53-70)80-68/h5,7-8,10-11,13,16-17,19-20,22-23,25-26,28-29,41,43,49,51,56-59,61-68,70-72,74-78H,3-4,6,9,12,14-15,18,21,24,27,30-40,42,44-48,50,52-55H2,1-2H3,(H,69,73)/b7-5-,10-8+,13-11-,17-16-,20-19-,23-22-,26-25-,29-28-,43-41+,51-49+. The zero-order valence-electron chi connectivity index (χ0n) is 50.4. The summed E-state index contributed by atoms with van der Waals surface area (Å²) in [4.78, 5) is 13.2.